The molecule has 4 rings (SSSR count). The van der Waals surface area contributed by atoms with Crippen LogP contribution in [0.25, 0.3) is 5.76 Å². The number of likely N-dealkylation sites (tertiary alicyclic amines) is 1. The van der Waals surface area contributed by atoms with Crippen LogP contribution in [0.1, 0.15) is 29.2 Å². The van der Waals surface area contributed by atoms with Crippen molar-refractivity contribution in [2.24, 2.45) is 0 Å². The number of aliphatic hydroxyl groups is 1. The van der Waals surface area contributed by atoms with Crippen LogP contribution in [0.2, 0.25) is 0 Å². The van der Waals surface area contributed by atoms with Crippen molar-refractivity contribution < 1.29 is 33.6 Å². The minimum absolute atomic E-state index is 0.0299. The number of benzene rings is 2. The van der Waals surface area contributed by atoms with E-state index in [0.29, 0.717) is 67.8 Å². The molecule has 1 amide bonds. The lowest BCUT2D eigenvalue weighted by molar-refractivity contribution is -0.140. The molecular formula is C32H38N2O7. The number of hydrogen-bond donors (Lipinski definition) is 1. The topological polar surface area (TPSA) is 97.8 Å². The molecule has 2 aromatic rings. The van der Waals surface area contributed by atoms with Crippen LogP contribution in [0.5, 0.6) is 17.2 Å². The van der Waals surface area contributed by atoms with Crippen LogP contribution >= 0.6 is 0 Å². The first-order valence-corrected chi connectivity index (χ1v) is 13.7. The largest absolute Gasteiger partial charge is 0.507 e. The zero-order valence-electron chi connectivity index (χ0n) is 23.8. The lowest BCUT2D eigenvalue weighted by Crippen LogP contribution is -2.39. The van der Waals surface area contributed by atoms with E-state index in [1.54, 1.807) is 53.5 Å². The molecule has 1 atom stereocenters. The predicted molar refractivity (Wildman–Crippen MR) is 156 cm³/mol. The van der Waals surface area contributed by atoms with Crippen molar-refractivity contribution in [1.82, 2.24) is 9.80 Å². The molecule has 2 fully saturated rings. The number of carbonyl (C=O) groups is 2. The molecule has 1 unspecified atom stereocenters. The molecule has 9 heteroatoms. The average Bonchev–Trinajstić information content (AvgIpc) is 3.24. The van der Waals surface area contributed by atoms with Crippen LogP contribution in [0.4, 0.5) is 0 Å². The third-order valence-electron chi connectivity index (χ3n) is 7.18. The minimum Gasteiger partial charge on any atom is -0.507 e. The number of morpholine rings is 1. The number of Topliss-reactive ketones (excluding diaryl/α,β-unsaturated/α-hetero) is 1. The fourth-order valence-corrected chi connectivity index (χ4v) is 5.13. The maximum absolute atomic E-state index is 13.5. The van der Waals surface area contributed by atoms with Crippen molar-refractivity contribution in [3.05, 3.63) is 84.0 Å². The molecule has 1 N–H and O–H groups in total. The zero-order valence-corrected chi connectivity index (χ0v) is 23.8. The van der Waals surface area contributed by atoms with Crippen LogP contribution in [0, 0.1) is 6.92 Å². The van der Waals surface area contributed by atoms with Gasteiger partial charge in [-0.05, 0) is 54.8 Å². The highest BCUT2D eigenvalue weighted by atomic mass is 16.5. The molecule has 41 heavy (non-hydrogen) atoms. The molecule has 2 heterocycles. The Hall–Kier alpha value is -4.08. The van der Waals surface area contributed by atoms with Gasteiger partial charge in [0.15, 0.2) is 11.5 Å². The molecule has 0 bridgehead atoms. The molecule has 0 aliphatic carbocycles. The third kappa shape index (κ3) is 6.81. The maximum Gasteiger partial charge on any atom is 0.295 e. The van der Waals surface area contributed by atoms with E-state index in [4.69, 9.17) is 18.9 Å². The van der Waals surface area contributed by atoms with Crippen molar-refractivity contribution in [2.75, 3.05) is 59.7 Å². The normalized spacial score (nSPS) is 18.8. The summed E-state index contributed by atoms with van der Waals surface area (Å²) in [7, 11) is 1.53. The Morgan fingerprint density at radius 3 is 2.34 bits per heavy atom. The van der Waals surface area contributed by atoms with Gasteiger partial charge in [0.1, 0.15) is 24.7 Å². The summed E-state index contributed by atoms with van der Waals surface area (Å²) in [5.41, 5.74) is 1.85. The van der Waals surface area contributed by atoms with Crippen molar-refractivity contribution in [3.63, 3.8) is 0 Å². The number of carbonyl (C=O) groups excluding carboxylic acids is 2. The number of ether oxygens (including phenoxy) is 4. The van der Waals surface area contributed by atoms with Crippen molar-refractivity contribution in [2.45, 2.75) is 19.4 Å². The van der Waals surface area contributed by atoms with Crippen molar-refractivity contribution in [1.29, 1.82) is 0 Å². The fraction of sp³-hybridized carbons (Fsp3) is 0.375. The molecule has 2 saturated heterocycles. The van der Waals surface area contributed by atoms with Gasteiger partial charge in [0.2, 0.25) is 0 Å². The van der Waals surface area contributed by atoms with E-state index < -0.39 is 17.7 Å². The van der Waals surface area contributed by atoms with E-state index in [9.17, 15) is 14.7 Å². The Kier molecular flexibility index (Phi) is 10.2. The van der Waals surface area contributed by atoms with Gasteiger partial charge in [0.05, 0.1) is 31.9 Å². The summed E-state index contributed by atoms with van der Waals surface area (Å²) in [5, 5.41) is 11.5. The Bertz CT molecular complexity index is 1310. The first kappa shape index (κ1) is 29.9. The predicted octanol–water partition coefficient (Wildman–Crippen LogP) is 4.28. The standard InChI is InChI=1S/C32H38N2O7/c1-5-16-40-25-10-9-24(20-22(25)3)30(35)28-29(23-8-11-26(41-17-6-2)27(21-23)38-4)34(32(37)31(28)36)13-7-12-33-14-18-39-19-15-33/h5-6,8-11,20-21,29,35H,1-2,7,12-19H2,3-4H3/b30-28+. The second-order valence-electron chi connectivity index (χ2n) is 9.89. The number of nitrogens with zero attached hydrogens (tertiary/aromatic N) is 2. The van der Waals surface area contributed by atoms with Gasteiger partial charge in [0.25, 0.3) is 11.7 Å². The zero-order chi connectivity index (χ0) is 29.4. The number of rotatable bonds is 13. The molecule has 0 saturated carbocycles. The second kappa shape index (κ2) is 14.0. The number of methoxy groups -OCH3 is 1. The quantitative estimate of drug-likeness (QED) is 0.167. The highest BCUT2D eigenvalue weighted by Crippen LogP contribution is 2.42. The summed E-state index contributed by atoms with van der Waals surface area (Å²) in [6.45, 7) is 14.0. The molecule has 0 aromatic heterocycles. The Morgan fingerprint density at radius 1 is 1.00 bits per heavy atom. The highest BCUT2D eigenvalue weighted by molar-refractivity contribution is 6.46. The molecular weight excluding hydrogens is 524 g/mol. The van der Waals surface area contributed by atoms with E-state index in [2.05, 4.69) is 18.1 Å². The lowest BCUT2D eigenvalue weighted by atomic mass is 9.94. The first-order valence-electron chi connectivity index (χ1n) is 13.7. The number of amides is 1. The Balaban J connectivity index is 1.73. The minimum atomic E-state index is -0.806. The van der Waals surface area contributed by atoms with Gasteiger partial charge in [-0.2, -0.15) is 0 Å². The summed E-state index contributed by atoms with van der Waals surface area (Å²) < 4.78 is 22.4. The van der Waals surface area contributed by atoms with Gasteiger partial charge >= 0.3 is 0 Å². The van der Waals surface area contributed by atoms with E-state index >= 15 is 0 Å². The number of aliphatic hydroxyl groups excluding tert-OH is 1. The van der Waals surface area contributed by atoms with Crippen LogP contribution in [0.3, 0.4) is 0 Å². The number of hydrogen-bond acceptors (Lipinski definition) is 8. The highest BCUT2D eigenvalue weighted by Gasteiger charge is 2.46. The molecule has 9 nitrogen and oxygen atoms in total. The number of aryl methyl sites for hydroxylation is 1. The summed E-state index contributed by atoms with van der Waals surface area (Å²) in [5.74, 6) is -0.0228. The molecule has 2 aliphatic heterocycles. The molecule has 2 aliphatic rings. The summed E-state index contributed by atoms with van der Waals surface area (Å²) in [6.07, 6.45) is 3.94. The summed E-state index contributed by atoms with van der Waals surface area (Å²) in [4.78, 5) is 30.7. The monoisotopic (exact) mass is 562 g/mol. The number of ketones is 1. The first-order chi connectivity index (χ1) is 19.9. The van der Waals surface area contributed by atoms with Gasteiger partial charge in [0, 0.05) is 31.7 Å². The molecule has 0 radical (unpaired) electrons. The van der Waals surface area contributed by atoms with Gasteiger partial charge in [-0.25, -0.2) is 0 Å². The van der Waals surface area contributed by atoms with Gasteiger partial charge in [-0.15, -0.1) is 0 Å². The maximum atomic E-state index is 13.5. The smallest absolute Gasteiger partial charge is 0.295 e. The van der Waals surface area contributed by atoms with Gasteiger partial charge in [-0.3, -0.25) is 14.5 Å². The SMILES string of the molecule is C=CCOc1ccc(/C(O)=C2\C(=O)C(=O)N(CCCN3CCOCC3)C2c2ccc(OCC=C)c(OC)c2)cc1C. The van der Waals surface area contributed by atoms with Crippen molar-refractivity contribution in [3.8, 4) is 17.2 Å². The van der Waals surface area contributed by atoms with Crippen LogP contribution in [0.15, 0.2) is 67.3 Å². The lowest BCUT2D eigenvalue weighted by Gasteiger charge is -2.29. The van der Waals surface area contributed by atoms with E-state index in [1.807, 2.05) is 6.92 Å². The van der Waals surface area contributed by atoms with Gasteiger partial charge < -0.3 is 29.0 Å². The third-order valence-corrected chi connectivity index (χ3v) is 7.18. The van der Waals surface area contributed by atoms with E-state index in [1.165, 1.54) is 7.11 Å². The van der Waals surface area contributed by atoms with Crippen LogP contribution in [-0.4, -0.2) is 86.3 Å². The van der Waals surface area contributed by atoms with E-state index in [-0.39, 0.29) is 11.3 Å². The van der Waals surface area contributed by atoms with Crippen LogP contribution < -0.4 is 14.2 Å². The van der Waals surface area contributed by atoms with E-state index in [0.717, 1.165) is 25.2 Å². The Labute approximate surface area is 241 Å². The second-order valence-corrected chi connectivity index (χ2v) is 9.89. The summed E-state index contributed by atoms with van der Waals surface area (Å²) in [6, 6.07) is 9.61. The molecule has 0 spiro atoms. The van der Waals surface area contributed by atoms with Gasteiger partial charge in [-0.1, -0.05) is 31.4 Å². The summed E-state index contributed by atoms with van der Waals surface area (Å²) >= 11 is 0. The van der Waals surface area contributed by atoms with Crippen molar-refractivity contribution >= 4 is 17.4 Å². The molecule has 218 valence electrons. The average molecular weight is 563 g/mol. The molecule has 2 aromatic carbocycles. The Morgan fingerprint density at radius 2 is 1.68 bits per heavy atom. The fourth-order valence-electron chi connectivity index (χ4n) is 5.13. The van der Waals surface area contributed by atoms with Crippen LogP contribution in [-0.2, 0) is 14.3 Å².